The molecule has 0 bridgehead atoms. The molecule has 0 spiro atoms. The maximum atomic E-state index is 13.2. The summed E-state index contributed by atoms with van der Waals surface area (Å²) in [6.45, 7) is 1.43. The van der Waals surface area contributed by atoms with E-state index in [4.69, 9.17) is 22.3 Å². The molecule has 0 atom stereocenters. The third kappa shape index (κ3) is 6.82. The van der Waals surface area contributed by atoms with Crippen molar-refractivity contribution in [3.63, 3.8) is 0 Å². The van der Waals surface area contributed by atoms with Crippen molar-refractivity contribution in [3.8, 4) is 5.69 Å². The van der Waals surface area contributed by atoms with Crippen molar-refractivity contribution >= 4 is 40.2 Å². The van der Waals surface area contributed by atoms with E-state index in [1.165, 1.54) is 11.8 Å². The van der Waals surface area contributed by atoms with Crippen molar-refractivity contribution in [2.45, 2.75) is 43.7 Å². The zero-order valence-electron chi connectivity index (χ0n) is 18.1. The minimum absolute atomic E-state index is 0.0585. The lowest BCUT2D eigenvalue weighted by Gasteiger charge is -2.13. The van der Waals surface area contributed by atoms with Crippen molar-refractivity contribution in [2.75, 3.05) is 18.8 Å². The van der Waals surface area contributed by atoms with Gasteiger partial charge in [-0.1, -0.05) is 54.4 Å². The van der Waals surface area contributed by atoms with Gasteiger partial charge in [-0.25, -0.2) is 4.98 Å². The molecular weight excluding hydrogens is 444 g/mol. The van der Waals surface area contributed by atoms with Crippen LogP contribution in [-0.4, -0.2) is 34.3 Å². The first-order valence-corrected chi connectivity index (χ1v) is 12.3. The van der Waals surface area contributed by atoms with Gasteiger partial charge in [-0.2, -0.15) is 0 Å². The van der Waals surface area contributed by atoms with Crippen LogP contribution in [0, 0.1) is 0 Å². The number of thioether (sulfide) groups is 1. The summed E-state index contributed by atoms with van der Waals surface area (Å²) in [5.74, 6) is 0.734. The normalized spacial score (nSPS) is 11.1. The Bertz CT molecular complexity index is 1100. The number of unbranched alkanes of at least 4 members (excludes halogenated alkanes) is 3. The number of benzene rings is 2. The molecule has 1 aromatic heterocycles. The van der Waals surface area contributed by atoms with Gasteiger partial charge in [0.05, 0.1) is 16.6 Å². The van der Waals surface area contributed by atoms with Crippen LogP contribution >= 0.6 is 23.4 Å². The monoisotopic (exact) mass is 472 g/mol. The van der Waals surface area contributed by atoms with E-state index in [1.807, 2.05) is 30.3 Å². The zero-order valence-corrected chi connectivity index (χ0v) is 19.6. The first-order valence-electron chi connectivity index (χ1n) is 11.0. The predicted molar refractivity (Wildman–Crippen MR) is 133 cm³/mol. The van der Waals surface area contributed by atoms with Crippen molar-refractivity contribution in [3.05, 3.63) is 63.9 Å². The first kappa shape index (κ1) is 24.3. The van der Waals surface area contributed by atoms with Gasteiger partial charge in [0, 0.05) is 23.7 Å². The highest BCUT2D eigenvalue weighted by Crippen LogP contribution is 2.23. The maximum Gasteiger partial charge on any atom is 0.266 e. The molecular formula is C24H29ClN4O2S. The van der Waals surface area contributed by atoms with Gasteiger partial charge in [-0.15, -0.1) is 0 Å². The third-order valence-electron chi connectivity index (χ3n) is 5.04. The number of nitrogens with two attached hydrogens (primary N) is 1. The summed E-state index contributed by atoms with van der Waals surface area (Å²) >= 11 is 7.64. The van der Waals surface area contributed by atoms with E-state index in [1.54, 1.807) is 22.8 Å². The van der Waals surface area contributed by atoms with Gasteiger partial charge in [-0.3, -0.25) is 14.2 Å². The van der Waals surface area contributed by atoms with Crippen LogP contribution in [0.4, 0.5) is 0 Å². The predicted octanol–water partition coefficient (Wildman–Crippen LogP) is 4.55. The molecule has 1 heterocycles. The van der Waals surface area contributed by atoms with E-state index >= 15 is 0 Å². The van der Waals surface area contributed by atoms with Crippen LogP contribution in [0.25, 0.3) is 16.6 Å². The highest BCUT2D eigenvalue weighted by Gasteiger charge is 2.13. The number of nitrogens with zero attached hydrogens (tertiary/aromatic N) is 2. The number of hydrogen-bond donors (Lipinski definition) is 2. The standard InChI is InChI=1S/C24H29ClN4O2S/c25-18-9-7-10-19(17-18)29-23(31)20-11-3-4-12-21(20)28-24(29)32-16-8-13-22(30)27-15-6-2-1-5-14-26/h3-4,7,9-12,17H,1-2,5-6,8,13-16,26H2,(H,27,30). The molecule has 0 aliphatic rings. The van der Waals surface area contributed by atoms with Crippen LogP contribution in [0.3, 0.4) is 0 Å². The lowest BCUT2D eigenvalue weighted by atomic mass is 10.2. The minimum atomic E-state index is -0.132. The molecule has 3 N–H and O–H groups in total. The third-order valence-corrected chi connectivity index (χ3v) is 6.30. The number of carbonyl (C=O) groups excluding carboxylic acids is 1. The summed E-state index contributed by atoms with van der Waals surface area (Å²) in [7, 11) is 0. The largest absolute Gasteiger partial charge is 0.356 e. The molecule has 0 radical (unpaired) electrons. The van der Waals surface area contributed by atoms with E-state index in [2.05, 4.69) is 5.32 Å². The van der Waals surface area contributed by atoms with E-state index in [0.29, 0.717) is 51.9 Å². The fraction of sp³-hybridized carbons (Fsp3) is 0.375. The fourth-order valence-electron chi connectivity index (χ4n) is 3.39. The highest BCUT2D eigenvalue weighted by molar-refractivity contribution is 7.99. The summed E-state index contributed by atoms with van der Waals surface area (Å²) in [6, 6.07) is 14.5. The molecule has 3 rings (SSSR count). The summed E-state index contributed by atoms with van der Waals surface area (Å²) in [5.41, 5.74) is 6.69. The number of aromatic nitrogens is 2. The number of nitrogens with one attached hydrogen (secondary N) is 1. The second-order valence-corrected chi connectivity index (χ2v) is 9.04. The van der Waals surface area contributed by atoms with Gasteiger partial charge < -0.3 is 11.1 Å². The summed E-state index contributed by atoms with van der Waals surface area (Å²) in [5, 5.41) is 4.68. The Labute approximate surface area is 197 Å². The molecule has 0 aliphatic heterocycles. The Morgan fingerprint density at radius 3 is 2.69 bits per heavy atom. The summed E-state index contributed by atoms with van der Waals surface area (Å²) < 4.78 is 1.60. The van der Waals surface area contributed by atoms with Gasteiger partial charge in [0.1, 0.15) is 0 Å². The number of fused-ring (bicyclic) bond motifs is 1. The Morgan fingerprint density at radius 1 is 1.06 bits per heavy atom. The highest BCUT2D eigenvalue weighted by atomic mass is 35.5. The first-order chi connectivity index (χ1) is 15.6. The lowest BCUT2D eigenvalue weighted by molar-refractivity contribution is -0.121. The minimum Gasteiger partial charge on any atom is -0.356 e. The lowest BCUT2D eigenvalue weighted by Crippen LogP contribution is -2.24. The number of halogens is 1. The Balaban J connectivity index is 1.62. The Morgan fingerprint density at radius 2 is 1.88 bits per heavy atom. The van der Waals surface area contributed by atoms with Gasteiger partial charge in [0.25, 0.3) is 5.56 Å². The Hall–Kier alpha value is -2.35. The maximum absolute atomic E-state index is 13.2. The van der Waals surface area contributed by atoms with Crippen molar-refractivity contribution < 1.29 is 4.79 Å². The van der Waals surface area contributed by atoms with Crippen LogP contribution in [0.2, 0.25) is 5.02 Å². The SMILES string of the molecule is NCCCCCCNC(=O)CCCSc1nc2ccccc2c(=O)n1-c1cccc(Cl)c1. The number of rotatable bonds is 12. The van der Waals surface area contributed by atoms with E-state index in [9.17, 15) is 9.59 Å². The molecule has 1 amide bonds. The average Bonchev–Trinajstić information content (AvgIpc) is 2.79. The molecule has 0 saturated carbocycles. The zero-order chi connectivity index (χ0) is 22.8. The molecule has 170 valence electrons. The van der Waals surface area contributed by atoms with E-state index < -0.39 is 0 Å². The summed E-state index contributed by atoms with van der Waals surface area (Å²) in [4.78, 5) is 30.0. The van der Waals surface area contributed by atoms with Gasteiger partial charge in [0.2, 0.25) is 5.91 Å². The Kier molecular flexibility index (Phi) is 9.59. The quantitative estimate of drug-likeness (QED) is 0.229. The van der Waals surface area contributed by atoms with Crippen LogP contribution in [0.5, 0.6) is 0 Å². The van der Waals surface area contributed by atoms with Crippen LogP contribution < -0.4 is 16.6 Å². The number of hydrogen-bond acceptors (Lipinski definition) is 5. The molecule has 0 unspecified atom stereocenters. The number of para-hydroxylation sites is 1. The molecule has 2 aromatic carbocycles. The van der Waals surface area contributed by atoms with Gasteiger partial charge in [-0.05, 0) is 56.1 Å². The molecule has 6 nitrogen and oxygen atoms in total. The smallest absolute Gasteiger partial charge is 0.266 e. The summed E-state index contributed by atoms with van der Waals surface area (Å²) in [6.07, 6.45) is 5.35. The molecule has 8 heteroatoms. The second-order valence-electron chi connectivity index (χ2n) is 7.54. The van der Waals surface area contributed by atoms with Gasteiger partial charge >= 0.3 is 0 Å². The molecule has 0 saturated heterocycles. The second kappa shape index (κ2) is 12.6. The van der Waals surface area contributed by atoms with Gasteiger partial charge in [0.15, 0.2) is 5.16 Å². The van der Waals surface area contributed by atoms with Crippen LogP contribution in [0.1, 0.15) is 38.5 Å². The number of carbonyl (C=O) groups is 1. The van der Waals surface area contributed by atoms with E-state index in [0.717, 1.165) is 32.2 Å². The van der Waals surface area contributed by atoms with Crippen molar-refractivity contribution in [1.82, 2.24) is 14.9 Å². The topological polar surface area (TPSA) is 90.0 Å². The molecule has 32 heavy (non-hydrogen) atoms. The molecule has 0 aliphatic carbocycles. The van der Waals surface area contributed by atoms with Crippen molar-refractivity contribution in [1.29, 1.82) is 0 Å². The van der Waals surface area contributed by atoms with Crippen LogP contribution in [-0.2, 0) is 4.79 Å². The van der Waals surface area contributed by atoms with E-state index in [-0.39, 0.29) is 11.5 Å². The fourth-order valence-corrected chi connectivity index (χ4v) is 4.52. The van der Waals surface area contributed by atoms with Crippen LogP contribution in [0.15, 0.2) is 58.5 Å². The van der Waals surface area contributed by atoms with Crippen molar-refractivity contribution in [2.24, 2.45) is 5.73 Å². The average molecular weight is 473 g/mol. The molecule has 3 aromatic rings. The number of amides is 1. The molecule has 0 fully saturated rings.